The summed E-state index contributed by atoms with van der Waals surface area (Å²) in [7, 11) is 1.60. The van der Waals surface area contributed by atoms with Crippen LogP contribution in [-0.4, -0.2) is 12.1 Å². The Morgan fingerprint density at radius 1 is 1.28 bits per heavy atom. The predicted octanol–water partition coefficient (Wildman–Crippen LogP) is 2.59. The first-order valence-corrected chi connectivity index (χ1v) is 5.78. The number of pyridine rings is 1. The quantitative estimate of drug-likeness (QED) is 0.810. The monoisotopic (exact) mass is 243 g/mol. The summed E-state index contributed by atoms with van der Waals surface area (Å²) in [5, 5.41) is 3.30. The number of aromatic nitrogens is 1. The number of nitrogens with zero attached hydrogens (tertiary/aromatic N) is 1. The van der Waals surface area contributed by atoms with Crippen LogP contribution in [0.15, 0.2) is 36.5 Å². The van der Waals surface area contributed by atoms with Gasteiger partial charge in [0.1, 0.15) is 0 Å². The molecule has 0 aliphatic rings. The lowest BCUT2D eigenvalue weighted by atomic mass is 10.1. The summed E-state index contributed by atoms with van der Waals surface area (Å²) < 4.78 is 5.02. The second kappa shape index (κ2) is 5.40. The summed E-state index contributed by atoms with van der Waals surface area (Å²) in [6, 6.07) is 9.77. The molecular weight excluding hydrogens is 226 g/mol. The van der Waals surface area contributed by atoms with Crippen LogP contribution in [0, 0.1) is 6.92 Å². The Balaban J connectivity index is 2.04. The molecular formula is C14H17N3O. The third kappa shape index (κ3) is 2.71. The maximum atomic E-state index is 5.99. The van der Waals surface area contributed by atoms with Gasteiger partial charge in [0.15, 0.2) is 0 Å². The van der Waals surface area contributed by atoms with Gasteiger partial charge in [-0.25, -0.2) is 4.98 Å². The van der Waals surface area contributed by atoms with Crippen LogP contribution in [0.1, 0.15) is 11.1 Å². The van der Waals surface area contributed by atoms with Crippen LogP contribution in [-0.2, 0) is 6.54 Å². The molecule has 4 heteroatoms. The minimum atomic E-state index is 0.619. The van der Waals surface area contributed by atoms with Crippen LogP contribution in [0.4, 0.5) is 11.4 Å². The normalized spacial score (nSPS) is 10.1. The van der Waals surface area contributed by atoms with E-state index in [9.17, 15) is 0 Å². The number of anilines is 2. The summed E-state index contributed by atoms with van der Waals surface area (Å²) in [5.74, 6) is 0.619. The molecule has 4 nitrogen and oxygen atoms in total. The van der Waals surface area contributed by atoms with Gasteiger partial charge in [0.2, 0.25) is 5.88 Å². The second-order valence-corrected chi connectivity index (χ2v) is 4.10. The highest BCUT2D eigenvalue weighted by atomic mass is 16.5. The Kier molecular flexibility index (Phi) is 3.67. The summed E-state index contributed by atoms with van der Waals surface area (Å²) in [5.41, 5.74) is 9.89. The van der Waals surface area contributed by atoms with E-state index in [1.807, 2.05) is 37.3 Å². The van der Waals surface area contributed by atoms with E-state index in [0.29, 0.717) is 12.4 Å². The van der Waals surface area contributed by atoms with Gasteiger partial charge in [0.05, 0.1) is 18.5 Å². The molecule has 0 aliphatic carbocycles. The maximum absolute atomic E-state index is 5.99. The second-order valence-electron chi connectivity index (χ2n) is 4.10. The minimum Gasteiger partial charge on any atom is -0.481 e. The molecule has 1 aromatic carbocycles. The molecule has 0 atom stereocenters. The number of benzene rings is 1. The van der Waals surface area contributed by atoms with Gasteiger partial charge in [-0.05, 0) is 24.1 Å². The fraction of sp³-hybridized carbons (Fsp3) is 0.214. The van der Waals surface area contributed by atoms with Gasteiger partial charge in [-0.2, -0.15) is 0 Å². The molecule has 0 unspecified atom stereocenters. The third-order valence-corrected chi connectivity index (χ3v) is 2.81. The fourth-order valence-electron chi connectivity index (χ4n) is 1.67. The molecule has 1 aromatic heterocycles. The number of aryl methyl sites for hydroxylation is 1. The first kappa shape index (κ1) is 12.2. The van der Waals surface area contributed by atoms with Crippen molar-refractivity contribution in [1.29, 1.82) is 0 Å². The number of para-hydroxylation sites is 1. The zero-order valence-electron chi connectivity index (χ0n) is 10.6. The number of nitrogens with two attached hydrogens (primary N) is 1. The first-order valence-electron chi connectivity index (χ1n) is 5.78. The molecule has 18 heavy (non-hydrogen) atoms. The van der Waals surface area contributed by atoms with Crippen molar-refractivity contribution < 1.29 is 4.74 Å². The Hall–Kier alpha value is -2.23. The van der Waals surface area contributed by atoms with Gasteiger partial charge < -0.3 is 15.8 Å². The third-order valence-electron chi connectivity index (χ3n) is 2.81. The van der Waals surface area contributed by atoms with E-state index in [1.165, 1.54) is 0 Å². The van der Waals surface area contributed by atoms with Crippen molar-refractivity contribution in [3.63, 3.8) is 0 Å². The molecule has 0 radical (unpaired) electrons. The summed E-state index contributed by atoms with van der Waals surface area (Å²) in [6.45, 7) is 2.68. The van der Waals surface area contributed by atoms with Crippen molar-refractivity contribution >= 4 is 11.4 Å². The van der Waals surface area contributed by atoms with Crippen molar-refractivity contribution in [1.82, 2.24) is 4.98 Å². The van der Waals surface area contributed by atoms with Crippen LogP contribution in [0.3, 0.4) is 0 Å². The van der Waals surface area contributed by atoms with E-state index in [-0.39, 0.29) is 0 Å². The predicted molar refractivity (Wildman–Crippen MR) is 73.7 cm³/mol. The van der Waals surface area contributed by atoms with Crippen molar-refractivity contribution in [2.45, 2.75) is 13.5 Å². The van der Waals surface area contributed by atoms with Crippen molar-refractivity contribution in [3.05, 3.63) is 47.7 Å². The number of nitrogens with one attached hydrogen (secondary N) is 1. The van der Waals surface area contributed by atoms with Gasteiger partial charge in [-0.15, -0.1) is 0 Å². The molecule has 0 amide bonds. The molecule has 0 saturated heterocycles. The lowest BCUT2D eigenvalue weighted by Gasteiger charge is -2.11. The van der Waals surface area contributed by atoms with Crippen molar-refractivity contribution in [2.24, 2.45) is 0 Å². The van der Waals surface area contributed by atoms with Gasteiger partial charge in [-0.1, -0.05) is 18.2 Å². The van der Waals surface area contributed by atoms with E-state index >= 15 is 0 Å². The SMILES string of the molecule is COc1ccc(CNc2cccc(C)c2N)cn1. The van der Waals surface area contributed by atoms with E-state index in [0.717, 1.165) is 22.5 Å². The van der Waals surface area contributed by atoms with Crippen LogP contribution in [0.25, 0.3) is 0 Å². The number of hydrogen-bond donors (Lipinski definition) is 2. The molecule has 0 aliphatic heterocycles. The van der Waals surface area contributed by atoms with Crippen LogP contribution in [0.5, 0.6) is 5.88 Å². The van der Waals surface area contributed by atoms with E-state index in [2.05, 4.69) is 10.3 Å². The summed E-state index contributed by atoms with van der Waals surface area (Å²) in [6.07, 6.45) is 1.79. The highest BCUT2D eigenvalue weighted by molar-refractivity contribution is 5.69. The molecule has 0 bridgehead atoms. The molecule has 0 spiro atoms. The number of ether oxygens (including phenoxy) is 1. The molecule has 2 rings (SSSR count). The van der Waals surface area contributed by atoms with Crippen molar-refractivity contribution in [2.75, 3.05) is 18.2 Å². The molecule has 0 fully saturated rings. The lowest BCUT2D eigenvalue weighted by molar-refractivity contribution is 0.397. The minimum absolute atomic E-state index is 0.619. The maximum Gasteiger partial charge on any atom is 0.212 e. The van der Waals surface area contributed by atoms with Crippen molar-refractivity contribution in [3.8, 4) is 5.88 Å². The fourth-order valence-corrected chi connectivity index (χ4v) is 1.67. The van der Waals surface area contributed by atoms with Crippen LogP contribution in [0.2, 0.25) is 0 Å². The van der Waals surface area contributed by atoms with Gasteiger partial charge >= 0.3 is 0 Å². The molecule has 1 heterocycles. The average Bonchev–Trinajstić information content (AvgIpc) is 2.41. The molecule has 2 aromatic rings. The number of rotatable bonds is 4. The van der Waals surface area contributed by atoms with E-state index in [1.54, 1.807) is 13.3 Å². The Bertz CT molecular complexity index is 523. The zero-order valence-corrected chi connectivity index (χ0v) is 10.6. The lowest BCUT2D eigenvalue weighted by Crippen LogP contribution is -2.03. The molecule has 3 N–H and O–H groups in total. The Labute approximate surface area is 107 Å². The largest absolute Gasteiger partial charge is 0.481 e. The Morgan fingerprint density at radius 2 is 2.11 bits per heavy atom. The molecule has 0 saturated carbocycles. The van der Waals surface area contributed by atoms with Crippen LogP contribution < -0.4 is 15.8 Å². The smallest absolute Gasteiger partial charge is 0.212 e. The van der Waals surface area contributed by atoms with Gasteiger partial charge in [0.25, 0.3) is 0 Å². The standard InChI is InChI=1S/C14H17N3O/c1-10-4-3-5-12(14(10)15)16-8-11-6-7-13(18-2)17-9-11/h3-7,9,16H,8,15H2,1-2H3. The van der Waals surface area contributed by atoms with Gasteiger partial charge in [0, 0.05) is 18.8 Å². The van der Waals surface area contributed by atoms with E-state index in [4.69, 9.17) is 10.5 Å². The first-order chi connectivity index (χ1) is 8.70. The highest BCUT2D eigenvalue weighted by Crippen LogP contribution is 2.22. The summed E-state index contributed by atoms with van der Waals surface area (Å²) >= 11 is 0. The average molecular weight is 243 g/mol. The zero-order chi connectivity index (χ0) is 13.0. The number of hydrogen-bond acceptors (Lipinski definition) is 4. The Morgan fingerprint density at radius 3 is 2.78 bits per heavy atom. The summed E-state index contributed by atoms with van der Waals surface area (Å²) in [4.78, 5) is 4.16. The highest BCUT2D eigenvalue weighted by Gasteiger charge is 2.01. The van der Waals surface area contributed by atoms with E-state index < -0.39 is 0 Å². The van der Waals surface area contributed by atoms with Gasteiger partial charge in [-0.3, -0.25) is 0 Å². The number of methoxy groups -OCH3 is 1. The number of nitrogen functional groups attached to an aromatic ring is 1. The topological polar surface area (TPSA) is 60.2 Å². The van der Waals surface area contributed by atoms with Crippen LogP contribution >= 0.6 is 0 Å². The molecule has 94 valence electrons.